The van der Waals surface area contributed by atoms with Gasteiger partial charge < -0.3 is 5.32 Å². The van der Waals surface area contributed by atoms with Crippen LogP contribution in [0.2, 0.25) is 0 Å². The molecule has 1 rings (SSSR count). The Balaban J connectivity index is 1.83. The maximum absolute atomic E-state index is 11.7. The third-order valence-corrected chi connectivity index (χ3v) is 3.98. The molecule has 0 bridgehead atoms. The summed E-state index contributed by atoms with van der Waals surface area (Å²) in [7, 11) is 0. The lowest BCUT2D eigenvalue weighted by Crippen LogP contribution is -2.32. The van der Waals surface area contributed by atoms with E-state index in [1.165, 1.54) is 70.6 Å². The summed E-state index contributed by atoms with van der Waals surface area (Å²) in [5, 5.41) is 3.16. The number of amides is 1. The summed E-state index contributed by atoms with van der Waals surface area (Å²) in [6.07, 6.45) is 16.1. The molecule has 0 atom stereocenters. The largest absolute Gasteiger partial charge is 0.353 e. The average Bonchev–Trinajstić information content (AvgIpc) is 2.85. The van der Waals surface area contributed by atoms with Gasteiger partial charge in [-0.15, -0.1) is 0 Å². The SMILES string of the molecule is CCCCCCCCCCC(=O)NC1CCCC1. The molecule has 0 aliphatic heterocycles. The van der Waals surface area contributed by atoms with Gasteiger partial charge in [0.15, 0.2) is 0 Å². The molecule has 1 fully saturated rings. The highest BCUT2D eigenvalue weighted by atomic mass is 16.1. The molecule has 0 aromatic rings. The predicted octanol–water partition coefficient (Wildman–Crippen LogP) is 4.58. The highest BCUT2D eigenvalue weighted by Crippen LogP contribution is 2.18. The van der Waals surface area contributed by atoms with Crippen molar-refractivity contribution in [2.24, 2.45) is 0 Å². The van der Waals surface area contributed by atoms with E-state index >= 15 is 0 Å². The topological polar surface area (TPSA) is 29.1 Å². The monoisotopic (exact) mass is 253 g/mol. The first-order chi connectivity index (χ1) is 8.83. The third-order valence-electron chi connectivity index (χ3n) is 3.98. The van der Waals surface area contributed by atoms with Crippen LogP contribution in [0.5, 0.6) is 0 Å². The van der Waals surface area contributed by atoms with Crippen LogP contribution in [0.4, 0.5) is 0 Å². The van der Waals surface area contributed by atoms with Gasteiger partial charge in [-0.05, 0) is 19.3 Å². The van der Waals surface area contributed by atoms with Gasteiger partial charge in [-0.3, -0.25) is 4.79 Å². The van der Waals surface area contributed by atoms with Crippen LogP contribution in [0, 0.1) is 0 Å². The summed E-state index contributed by atoms with van der Waals surface area (Å²) < 4.78 is 0. The van der Waals surface area contributed by atoms with Gasteiger partial charge in [-0.25, -0.2) is 0 Å². The molecule has 1 amide bonds. The van der Waals surface area contributed by atoms with Crippen molar-refractivity contribution in [2.75, 3.05) is 0 Å². The Morgan fingerprint density at radius 3 is 2.11 bits per heavy atom. The molecule has 2 nitrogen and oxygen atoms in total. The van der Waals surface area contributed by atoms with Crippen LogP contribution in [0.25, 0.3) is 0 Å². The first kappa shape index (κ1) is 15.5. The van der Waals surface area contributed by atoms with Crippen molar-refractivity contribution in [3.8, 4) is 0 Å². The van der Waals surface area contributed by atoms with E-state index in [0.717, 1.165) is 12.8 Å². The van der Waals surface area contributed by atoms with E-state index < -0.39 is 0 Å². The fourth-order valence-corrected chi connectivity index (χ4v) is 2.79. The quantitative estimate of drug-likeness (QED) is 0.567. The Kier molecular flexibility index (Phi) is 8.97. The molecule has 0 heterocycles. The van der Waals surface area contributed by atoms with Gasteiger partial charge in [-0.1, -0.05) is 64.7 Å². The zero-order chi connectivity index (χ0) is 13.1. The van der Waals surface area contributed by atoms with Crippen LogP contribution < -0.4 is 5.32 Å². The fraction of sp³-hybridized carbons (Fsp3) is 0.938. The number of carbonyl (C=O) groups excluding carboxylic acids is 1. The second-order valence-corrected chi connectivity index (χ2v) is 5.77. The smallest absolute Gasteiger partial charge is 0.220 e. The van der Waals surface area contributed by atoms with E-state index in [4.69, 9.17) is 0 Å². The van der Waals surface area contributed by atoms with Crippen LogP contribution in [0.3, 0.4) is 0 Å². The Morgan fingerprint density at radius 2 is 1.50 bits per heavy atom. The van der Waals surface area contributed by atoms with Crippen LogP contribution in [-0.4, -0.2) is 11.9 Å². The molecule has 18 heavy (non-hydrogen) atoms. The van der Waals surface area contributed by atoms with Crippen LogP contribution in [0.15, 0.2) is 0 Å². The fourth-order valence-electron chi connectivity index (χ4n) is 2.79. The van der Waals surface area contributed by atoms with Gasteiger partial charge in [0, 0.05) is 12.5 Å². The summed E-state index contributed by atoms with van der Waals surface area (Å²) in [5.41, 5.74) is 0. The number of hydrogen-bond donors (Lipinski definition) is 1. The highest BCUT2D eigenvalue weighted by molar-refractivity contribution is 5.76. The van der Waals surface area contributed by atoms with E-state index in [-0.39, 0.29) is 5.91 Å². The number of rotatable bonds is 10. The molecule has 1 aliphatic rings. The summed E-state index contributed by atoms with van der Waals surface area (Å²) in [5.74, 6) is 0.285. The minimum atomic E-state index is 0.285. The van der Waals surface area contributed by atoms with Gasteiger partial charge in [0.2, 0.25) is 5.91 Å². The number of unbranched alkanes of at least 4 members (excludes halogenated alkanes) is 7. The molecule has 1 N–H and O–H groups in total. The van der Waals surface area contributed by atoms with Crippen molar-refractivity contribution < 1.29 is 4.79 Å². The molecule has 0 spiro atoms. The first-order valence-electron chi connectivity index (χ1n) is 8.12. The van der Waals surface area contributed by atoms with E-state index in [0.29, 0.717) is 6.04 Å². The molecule has 0 saturated heterocycles. The van der Waals surface area contributed by atoms with Crippen molar-refractivity contribution >= 4 is 5.91 Å². The van der Waals surface area contributed by atoms with E-state index in [9.17, 15) is 4.79 Å². The minimum Gasteiger partial charge on any atom is -0.353 e. The second-order valence-electron chi connectivity index (χ2n) is 5.77. The van der Waals surface area contributed by atoms with Gasteiger partial charge >= 0.3 is 0 Å². The maximum Gasteiger partial charge on any atom is 0.220 e. The Bertz CT molecular complexity index is 209. The van der Waals surface area contributed by atoms with E-state index in [2.05, 4.69) is 12.2 Å². The molecule has 106 valence electrons. The normalized spacial score (nSPS) is 16.1. The predicted molar refractivity (Wildman–Crippen MR) is 77.6 cm³/mol. The van der Waals surface area contributed by atoms with Crippen LogP contribution in [-0.2, 0) is 4.79 Å². The van der Waals surface area contributed by atoms with Crippen molar-refractivity contribution in [3.05, 3.63) is 0 Å². The first-order valence-corrected chi connectivity index (χ1v) is 8.12. The van der Waals surface area contributed by atoms with Crippen LogP contribution in [0.1, 0.15) is 90.4 Å². The highest BCUT2D eigenvalue weighted by Gasteiger charge is 2.16. The molecular formula is C16H31NO. The lowest BCUT2D eigenvalue weighted by molar-refractivity contribution is -0.121. The molecule has 0 aromatic carbocycles. The minimum absolute atomic E-state index is 0.285. The van der Waals surface area contributed by atoms with Crippen LogP contribution >= 0.6 is 0 Å². The van der Waals surface area contributed by atoms with Gasteiger partial charge in [0.25, 0.3) is 0 Å². The summed E-state index contributed by atoms with van der Waals surface area (Å²) in [6.45, 7) is 2.25. The Hall–Kier alpha value is -0.530. The molecule has 0 radical (unpaired) electrons. The van der Waals surface area contributed by atoms with Crippen molar-refractivity contribution in [3.63, 3.8) is 0 Å². The lowest BCUT2D eigenvalue weighted by Gasteiger charge is -2.11. The standard InChI is InChI=1S/C16H31NO/c1-2-3-4-5-6-7-8-9-14-16(18)17-15-12-10-11-13-15/h15H,2-14H2,1H3,(H,17,18). The summed E-state index contributed by atoms with van der Waals surface area (Å²) in [4.78, 5) is 11.7. The second kappa shape index (κ2) is 10.4. The number of carbonyl (C=O) groups is 1. The zero-order valence-electron chi connectivity index (χ0n) is 12.2. The average molecular weight is 253 g/mol. The maximum atomic E-state index is 11.7. The molecule has 2 heteroatoms. The van der Waals surface area contributed by atoms with Gasteiger partial charge in [-0.2, -0.15) is 0 Å². The van der Waals surface area contributed by atoms with E-state index in [1.807, 2.05) is 0 Å². The Morgan fingerprint density at radius 1 is 0.944 bits per heavy atom. The van der Waals surface area contributed by atoms with E-state index in [1.54, 1.807) is 0 Å². The molecular weight excluding hydrogens is 222 g/mol. The molecule has 1 saturated carbocycles. The van der Waals surface area contributed by atoms with Crippen molar-refractivity contribution in [2.45, 2.75) is 96.4 Å². The third kappa shape index (κ3) is 7.73. The number of hydrogen-bond acceptors (Lipinski definition) is 1. The zero-order valence-corrected chi connectivity index (χ0v) is 12.2. The Labute approximate surface area is 113 Å². The van der Waals surface area contributed by atoms with Crippen molar-refractivity contribution in [1.29, 1.82) is 0 Å². The summed E-state index contributed by atoms with van der Waals surface area (Å²) >= 11 is 0. The van der Waals surface area contributed by atoms with Gasteiger partial charge in [0.1, 0.15) is 0 Å². The lowest BCUT2D eigenvalue weighted by atomic mass is 10.1. The van der Waals surface area contributed by atoms with Crippen molar-refractivity contribution in [1.82, 2.24) is 5.32 Å². The molecule has 0 aromatic heterocycles. The number of nitrogens with one attached hydrogen (secondary N) is 1. The molecule has 1 aliphatic carbocycles. The van der Waals surface area contributed by atoms with Gasteiger partial charge in [0.05, 0.1) is 0 Å². The molecule has 0 unspecified atom stereocenters. The summed E-state index contributed by atoms with van der Waals surface area (Å²) in [6, 6.07) is 0.492.